The monoisotopic (exact) mass is 721 g/mol. The molecule has 0 aliphatic carbocycles. The number of nitrogens with zero attached hydrogens (tertiary/aromatic N) is 2. The van der Waals surface area contributed by atoms with Crippen molar-refractivity contribution >= 4 is 20.4 Å². The van der Waals surface area contributed by atoms with Crippen LogP contribution >= 0.6 is 8.53 Å². The van der Waals surface area contributed by atoms with Gasteiger partial charge in [-0.3, -0.25) is 4.79 Å². The van der Waals surface area contributed by atoms with E-state index in [0.29, 0.717) is 12.0 Å². The predicted octanol–water partition coefficient (Wildman–Crippen LogP) is 6.59. The van der Waals surface area contributed by atoms with Crippen molar-refractivity contribution in [3.8, 4) is 6.07 Å². The van der Waals surface area contributed by atoms with Gasteiger partial charge in [0.15, 0.2) is 18.7 Å². The van der Waals surface area contributed by atoms with Gasteiger partial charge >= 0.3 is 5.97 Å². The molecule has 0 spiro atoms. The summed E-state index contributed by atoms with van der Waals surface area (Å²) in [4.78, 5) is 25.7. The Kier molecular flexibility index (Phi) is 17.5. The van der Waals surface area contributed by atoms with Crippen molar-refractivity contribution in [2.24, 2.45) is 17.8 Å². The lowest BCUT2D eigenvalue weighted by Crippen LogP contribution is -2.63. The van der Waals surface area contributed by atoms with Crippen LogP contribution in [0.15, 0.2) is 30.3 Å². The lowest BCUT2D eigenvalue weighted by molar-refractivity contribution is -0.326. The van der Waals surface area contributed by atoms with Crippen LogP contribution in [0.2, 0.25) is 0 Å². The molecule has 50 heavy (non-hydrogen) atoms. The van der Waals surface area contributed by atoms with Crippen molar-refractivity contribution < 1.29 is 42.3 Å². The third-order valence-electron chi connectivity index (χ3n) is 9.51. The van der Waals surface area contributed by atoms with Crippen LogP contribution in [0.5, 0.6) is 0 Å². The Morgan fingerprint density at radius 2 is 1.50 bits per heavy atom. The van der Waals surface area contributed by atoms with Gasteiger partial charge in [-0.2, -0.15) is 5.26 Å². The minimum atomic E-state index is -1.42. The number of nitriles is 1. The van der Waals surface area contributed by atoms with Gasteiger partial charge in [0.1, 0.15) is 0 Å². The van der Waals surface area contributed by atoms with E-state index in [2.05, 4.69) is 64.5 Å². The highest BCUT2D eigenvalue weighted by Crippen LogP contribution is 2.46. The molecule has 2 aliphatic heterocycles. The molecule has 13 heteroatoms. The highest BCUT2D eigenvalue weighted by molar-refractivity contribution is 7.44. The molecule has 1 N–H and O–H groups in total. The molecule has 0 saturated carbocycles. The van der Waals surface area contributed by atoms with Crippen LogP contribution < -0.4 is 5.32 Å². The molecule has 2 fully saturated rings. The summed E-state index contributed by atoms with van der Waals surface area (Å²) < 4.78 is 46.6. The Morgan fingerprint density at radius 1 is 0.880 bits per heavy atom. The second kappa shape index (κ2) is 20.7. The molecule has 11 atom stereocenters. The average molecular weight is 722 g/mol. The summed E-state index contributed by atoms with van der Waals surface area (Å²) >= 11 is 0. The van der Waals surface area contributed by atoms with Gasteiger partial charge in [0, 0.05) is 30.8 Å². The predicted molar refractivity (Wildman–Crippen MR) is 191 cm³/mol. The van der Waals surface area contributed by atoms with Gasteiger partial charge in [0.05, 0.1) is 62.2 Å². The van der Waals surface area contributed by atoms with Gasteiger partial charge in [-0.15, -0.1) is 0 Å². The van der Waals surface area contributed by atoms with Crippen LogP contribution in [0.3, 0.4) is 0 Å². The first-order valence-electron chi connectivity index (χ1n) is 18.2. The fraction of sp³-hybridized carbons (Fsp3) is 0.757. The summed E-state index contributed by atoms with van der Waals surface area (Å²) in [5.41, 5.74) is 0.460. The summed E-state index contributed by atoms with van der Waals surface area (Å²) in [6, 6.07) is 10.8. The summed E-state index contributed by atoms with van der Waals surface area (Å²) in [5.74, 6) is -0.813. The molecule has 1 aromatic carbocycles. The Balaban J connectivity index is 1.76. The Hall–Kier alpha value is -2.20. The van der Waals surface area contributed by atoms with E-state index < -0.39 is 51.4 Å². The Labute approximate surface area is 300 Å². The zero-order valence-corrected chi connectivity index (χ0v) is 32.5. The molecule has 0 aromatic heterocycles. The Bertz CT molecular complexity index is 1210. The number of ether oxygens (including phenoxy) is 5. The number of nitrogens with one attached hydrogen (secondary N) is 1. The number of carbonyl (C=O) groups excluding carboxylic acids is 2. The van der Waals surface area contributed by atoms with Crippen molar-refractivity contribution in [2.75, 3.05) is 19.8 Å². The molecule has 282 valence electrons. The zero-order valence-electron chi connectivity index (χ0n) is 31.6. The van der Waals surface area contributed by atoms with Gasteiger partial charge in [-0.25, -0.2) is 9.46 Å². The fourth-order valence-electron chi connectivity index (χ4n) is 6.76. The maximum Gasteiger partial charge on any atom is 0.338 e. The van der Waals surface area contributed by atoms with E-state index in [1.165, 1.54) is 6.92 Å². The van der Waals surface area contributed by atoms with E-state index in [-0.39, 0.29) is 68.1 Å². The molecule has 12 nitrogen and oxygen atoms in total. The topological polar surface area (TPSA) is 138 Å². The number of amides is 1. The molecule has 0 bridgehead atoms. The van der Waals surface area contributed by atoms with E-state index in [4.69, 9.17) is 38.0 Å². The molecule has 1 aromatic rings. The minimum absolute atomic E-state index is 0.0369. The molecule has 1 amide bonds. The third-order valence-corrected chi connectivity index (χ3v) is 11.6. The minimum Gasteiger partial charge on any atom is -0.453 e. The van der Waals surface area contributed by atoms with Crippen LogP contribution in [0, 0.1) is 29.1 Å². The summed E-state index contributed by atoms with van der Waals surface area (Å²) in [6.45, 7) is 20.8. The van der Waals surface area contributed by atoms with E-state index >= 15 is 0 Å². The van der Waals surface area contributed by atoms with Crippen LogP contribution in [-0.2, 0) is 37.5 Å². The zero-order chi connectivity index (χ0) is 37.0. The first kappa shape index (κ1) is 42.2. The average Bonchev–Trinajstić information content (AvgIpc) is 3.08. The van der Waals surface area contributed by atoms with Crippen molar-refractivity contribution in [2.45, 2.75) is 144 Å². The Morgan fingerprint density at radius 3 is 2.08 bits per heavy atom. The number of carbonyl (C=O) groups is 2. The molecule has 0 radical (unpaired) electrons. The van der Waals surface area contributed by atoms with Gasteiger partial charge in [0.25, 0.3) is 8.53 Å². The van der Waals surface area contributed by atoms with Crippen LogP contribution in [0.25, 0.3) is 0 Å². The fourth-order valence-corrected chi connectivity index (χ4v) is 8.33. The maximum atomic E-state index is 13.2. The number of rotatable bonds is 18. The number of hydrogen-bond donors (Lipinski definition) is 1. The normalized spacial score (nSPS) is 30.6. The van der Waals surface area contributed by atoms with Crippen molar-refractivity contribution in [1.82, 2.24) is 9.99 Å². The van der Waals surface area contributed by atoms with E-state index in [9.17, 15) is 9.59 Å². The standard InChI is InChI=1S/C37H60N3O9P/c1-11-30-25(7)26(8)34(48-35(42)29-17-14-13-15-18-29)37(46-30)49-33-27(9)32(39-28(10)41)36(47-31(33)12-2)43-21-22-45-50(44-20-16-19-38)40(23(3)4)24(5)6/h13-15,17-18,23-27,30-34,36-37H,11-12,16,20-22H2,1-10H3,(H,39,41). The van der Waals surface area contributed by atoms with E-state index in [1.807, 2.05) is 19.9 Å². The lowest BCUT2D eigenvalue weighted by atomic mass is 9.82. The van der Waals surface area contributed by atoms with Crippen molar-refractivity contribution in [3.63, 3.8) is 0 Å². The van der Waals surface area contributed by atoms with Gasteiger partial charge < -0.3 is 38.0 Å². The van der Waals surface area contributed by atoms with E-state index in [0.717, 1.165) is 6.42 Å². The quantitative estimate of drug-likeness (QED) is 0.0999. The maximum absolute atomic E-state index is 13.2. The number of esters is 1. The second-order valence-electron chi connectivity index (χ2n) is 13.8. The van der Waals surface area contributed by atoms with Crippen LogP contribution in [0.4, 0.5) is 0 Å². The van der Waals surface area contributed by atoms with E-state index in [1.54, 1.807) is 24.3 Å². The van der Waals surface area contributed by atoms with Crippen molar-refractivity contribution in [1.29, 1.82) is 5.26 Å². The molecule has 2 heterocycles. The summed E-state index contributed by atoms with van der Waals surface area (Å²) in [5, 5.41) is 12.0. The highest BCUT2D eigenvalue weighted by atomic mass is 31.2. The smallest absolute Gasteiger partial charge is 0.338 e. The molecule has 11 unspecified atom stereocenters. The second-order valence-corrected chi connectivity index (χ2v) is 15.2. The summed E-state index contributed by atoms with van der Waals surface area (Å²) in [7, 11) is -1.42. The molecule has 2 aliphatic rings. The first-order valence-corrected chi connectivity index (χ1v) is 19.3. The molecular weight excluding hydrogens is 661 g/mol. The van der Waals surface area contributed by atoms with Crippen LogP contribution in [0.1, 0.15) is 98.9 Å². The molecular formula is C37H60N3O9P. The number of benzene rings is 1. The largest absolute Gasteiger partial charge is 0.453 e. The molecule has 2 saturated heterocycles. The van der Waals surface area contributed by atoms with Gasteiger partial charge in [-0.05, 0) is 58.6 Å². The molecule has 3 rings (SSSR count). The van der Waals surface area contributed by atoms with Crippen LogP contribution in [-0.4, -0.2) is 91.5 Å². The van der Waals surface area contributed by atoms with Crippen molar-refractivity contribution in [3.05, 3.63) is 35.9 Å². The number of hydrogen-bond acceptors (Lipinski definition) is 11. The lowest BCUT2D eigenvalue weighted by Gasteiger charge is -2.49. The SMILES string of the molecule is CCC1OC(OC2C(CC)OC(OCCOP(OCCC#N)N(C(C)C)C(C)C)C(NC(C)=O)C2C)C(OC(=O)c2ccccc2)C(C)C1C. The highest BCUT2D eigenvalue weighted by Gasteiger charge is 2.50. The third kappa shape index (κ3) is 11.4. The summed E-state index contributed by atoms with van der Waals surface area (Å²) in [6.07, 6.45) is -1.57. The van der Waals surface area contributed by atoms with Gasteiger partial charge in [0.2, 0.25) is 5.91 Å². The first-order chi connectivity index (χ1) is 23.8. The van der Waals surface area contributed by atoms with Gasteiger partial charge in [-0.1, -0.05) is 52.8 Å².